The molecule has 3 aromatic rings. The van der Waals surface area contributed by atoms with Crippen molar-refractivity contribution in [1.82, 2.24) is 14.6 Å². The molecule has 3 amide bonds. The molecular weight excluding hydrogens is 632 g/mol. The van der Waals surface area contributed by atoms with E-state index in [0.717, 1.165) is 17.5 Å². The third kappa shape index (κ3) is 12.3. The van der Waals surface area contributed by atoms with Crippen LogP contribution in [0.25, 0.3) is 0 Å². The fraction of sp³-hybridized carbons (Fsp3) is 0.444. The Morgan fingerprint density at radius 2 is 1.62 bits per heavy atom. The molecule has 48 heavy (non-hydrogen) atoms. The van der Waals surface area contributed by atoms with Gasteiger partial charge in [0.15, 0.2) is 0 Å². The first-order valence-corrected chi connectivity index (χ1v) is 16.9. The van der Waals surface area contributed by atoms with Crippen molar-refractivity contribution < 1.29 is 33.4 Å². The smallest absolute Gasteiger partial charge is 0.408 e. The van der Waals surface area contributed by atoms with E-state index in [9.17, 15) is 19.2 Å². The summed E-state index contributed by atoms with van der Waals surface area (Å²) in [6, 6.07) is 18.1. The van der Waals surface area contributed by atoms with Crippen LogP contribution in [0.2, 0.25) is 0 Å². The molecule has 0 saturated carbocycles. The second-order valence-corrected chi connectivity index (χ2v) is 13.8. The number of alkyl carbamates (subject to hydrolysis) is 1. The van der Waals surface area contributed by atoms with E-state index in [1.54, 1.807) is 79.2 Å². The number of aryl methyl sites for hydroxylation is 1. The summed E-state index contributed by atoms with van der Waals surface area (Å²) in [7, 11) is 1.59. The summed E-state index contributed by atoms with van der Waals surface area (Å²) >= 11 is 1.39. The highest BCUT2D eigenvalue weighted by molar-refractivity contribution is 7.97. The molecule has 0 aliphatic carbocycles. The number of nitrogens with zero attached hydrogens (tertiary/aromatic N) is 1. The lowest BCUT2D eigenvalue weighted by molar-refractivity contribution is -0.144. The molecule has 2 atom stereocenters. The zero-order valence-corrected chi connectivity index (χ0v) is 29.6. The van der Waals surface area contributed by atoms with Gasteiger partial charge in [-0.1, -0.05) is 42.5 Å². The summed E-state index contributed by atoms with van der Waals surface area (Å²) in [5.41, 5.74) is 0.374. The molecule has 11 nitrogen and oxygen atoms in total. The molecule has 0 spiro atoms. The zero-order chi connectivity index (χ0) is 35.3. The predicted octanol–water partition coefficient (Wildman–Crippen LogP) is 6.09. The number of nitrogens with one attached hydrogen (secondary N) is 3. The first kappa shape index (κ1) is 38.0. The fourth-order valence-corrected chi connectivity index (χ4v) is 5.66. The first-order valence-electron chi connectivity index (χ1n) is 16.0. The molecule has 0 radical (unpaired) electrons. The minimum absolute atomic E-state index is 0.271. The van der Waals surface area contributed by atoms with Gasteiger partial charge < -0.3 is 30.2 Å². The van der Waals surface area contributed by atoms with Crippen LogP contribution in [-0.2, 0) is 30.3 Å². The Morgan fingerprint density at radius 3 is 2.25 bits per heavy atom. The maximum atomic E-state index is 13.6. The van der Waals surface area contributed by atoms with Gasteiger partial charge in [0.05, 0.1) is 25.3 Å². The van der Waals surface area contributed by atoms with Crippen molar-refractivity contribution in [3.8, 4) is 5.75 Å². The lowest BCUT2D eigenvalue weighted by atomic mass is 10.0. The van der Waals surface area contributed by atoms with Gasteiger partial charge in [-0.3, -0.25) is 18.4 Å². The number of anilines is 1. The second kappa shape index (κ2) is 17.6. The van der Waals surface area contributed by atoms with Gasteiger partial charge in [0.2, 0.25) is 11.8 Å². The molecule has 12 heteroatoms. The number of carbonyl (C=O) groups excluding carboxylic acids is 4. The van der Waals surface area contributed by atoms with Gasteiger partial charge in [-0.2, -0.15) is 0 Å². The van der Waals surface area contributed by atoms with Gasteiger partial charge >= 0.3 is 12.1 Å². The molecular formula is C36H48N4O7S. The number of ether oxygens (including phenoxy) is 3. The number of hydrogen-bond donors (Lipinski definition) is 3. The summed E-state index contributed by atoms with van der Waals surface area (Å²) in [6.45, 7) is 10.4. The average molecular weight is 681 g/mol. The number of methoxy groups -OCH3 is 1. The van der Waals surface area contributed by atoms with Gasteiger partial charge in [-0.05, 0) is 102 Å². The molecule has 3 rings (SSSR count). The van der Waals surface area contributed by atoms with Crippen LogP contribution in [0.15, 0.2) is 73.1 Å². The van der Waals surface area contributed by atoms with Crippen molar-refractivity contribution >= 4 is 41.5 Å². The van der Waals surface area contributed by atoms with E-state index in [-0.39, 0.29) is 12.6 Å². The maximum Gasteiger partial charge on any atom is 0.408 e. The molecule has 2 aromatic carbocycles. The summed E-state index contributed by atoms with van der Waals surface area (Å²) in [4.78, 5) is 52.2. The molecule has 0 saturated heterocycles. The largest absolute Gasteiger partial charge is 0.497 e. The molecule has 0 fully saturated rings. The number of aromatic nitrogens is 1. The second-order valence-electron chi connectivity index (χ2n) is 12.8. The number of esters is 1. The molecule has 1 unspecified atom stereocenters. The van der Waals surface area contributed by atoms with E-state index in [0.29, 0.717) is 30.0 Å². The predicted molar refractivity (Wildman–Crippen MR) is 188 cm³/mol. The Bertz CT molecular complexity index is 1500. The number of carbonyl (C=O) groups is 4. The molecule has 0 aliphatic heterocycles. The normalized spacial score (nSPS) is 12.7. The molecule has 3 N–H and O–H groups in total. The summed E-state index contributed by atoms with van der Waals surface area (Å²) in [5, 5.41) is 8.34. The number of hydrogen-bond acceptors (Lipinski definition) is 8. The maximum absolute atomic E-state index is 13.6. The van der Waals surface area contributed by atoms with Gasteiger partial charge in [-0.15, -0.1) is 0 Å². The Hall–Kier alpha value is -4.45. The topological polar surface area (TPSA) is 137 Å². The lowest BCUT2D eigenvalue weighted by Crippen LogP contribution is -2.58. The highest BCUT2D eigenvalue weighted by Gasteiger charge is 2.34. The summed E-state index contributed by atoms with van der Waals surface area (Å²) in [6.07, 6.45) is 4.53. The van der Waals surface area contributed by atoms with E-state index < -0.39 is 41.0 Å². The molecule has 1 heterocycles. The van der Waals surface area contributed by atoms with Crippen molar-refractivity contribution in [3.05, 3.63) is 84.2 Å². The minimum Gasteiger partial charge on any atom is -0.497 e. The van der Waals surface area contributed by atoms with Crippen molar-refractivity contribution in [1.29, 1.82) is 0 Å². The quantitative estimate of drug-likeness (QED) is 0.155. The summed E-state index contributed by atoms with van der Waals surface area (Å²) < 4.78 is 17.7. The lowest BCUT2D eigenvalue weighted by Gasteiger charge is -2.29. The van der Waals surface area contributed by atoms with Crippen LogP contribution >= 0.6 is 11.9 Å². The van der Waals surface area contributed by atoms with Gasteiger partial charge in [0, 0.05) is 18.1 Å². The Balaban J connectivity index is 1.69. The van der Waals surface area contributed by atoms with Crippen molar-refractivity contribution in [2.75, 3.05) is 24.8 Å². The number of benzene rings is 2. The van der Waals surface area contributed by atoms with Crippen molar-refractivity contribution in [3.63, 3.8) is 0 Å². The standard InChI is InChI=1S/C36H48N4O7S/c1-8-46-32(42)29(26-17-19-28(45-7)20-18-26)24-48-40-22-21-27(23-40)37-31(41)30(16-12-15-25-13-10-9-11-14-25)38-33(43)36(5,6)39-34(44)47-35(2,3)4/h9-11,13-14,17-23,29-30H,8,12,15-16,24H2,1-7H3,(H,37,41)(H,38,43)(H,39,44)/t29?,30-/m1/s1. The van der Waals surface area contributed by atoms with E-state index in [1.165, 1.54) is 11.9 Å². The zero-order valence-electron chi connectivity index (χ0n) is 28.8. The Labute approximate surface area is 287 Å². The average Bonchev–Trinajstić information content (AvgIpc) is 3.47. The molecule has 1 aromatic heterocycles. The van der Waals surface area contributed by atoms with E-state index in [2.05, 4.69) is 16.0 Å². The van der Waals surface area contributed by atoms with Gasteiger partial charge in [0.1, 0.15) is 22.9 Å². The first-order chi connectivity index (χ1) is 22.7. The fourth-order valence-electron chi connectivity index (χ4n) is 4.68. The third-order valence-electron chi connectivity index (χ3n) is 7.22. The SMILES string of the molecule is CCOC(=O)C(CSn1ccc(NC(=O)[C@@H](CCCc2ccccc2)NC(=O)C(C)(C)NC(=O)OC(C)(C)C)c1)c1ccc(OC)cc1. The van der Waals surface area contributed by atoms with Crippen LogP contribution in [0.3, 0.4) is 0 Å². The van der Waals surface area contributed by atoms with Crippen LogP contribution in [0, 0.1) is 0 Å². The van der Waals surface area contributed by atoms with Crippen LogP contribution in [0.4, 0.5) is 10.5 Å². The highest BCUT2D eigenvalue weighted by atomic mass is 32.2. The van der Waals surface area contributed by atoms with Crippen LogP contribution in [-0.4, -0.2) is 64.5 Å². The van der Waals surface area contributed by atoms with Crippen molar-refractivity contribution in [2.24, 2.45) is 0 Å². The number of rotatable bonds is 16. The third-order valence-corrected chi connectivity index (χ3v) is 8.23. The summed E-state index contributed by atoms with van der Waals surface area (Å²) in [5.74, 6) is -0.667. The van der Waals surface area contributed by atoms with E-state index in [1.807, 2.05) is 46.4 Å². The highest BCUT2D eigenvalue weighted by Crippen LogP contribution is 2.27. The number of amides is 3. The molecule has 260 valence electrons. The monoisotopic (exact) mass is 680 g/mol. The van der Waals surface area contributed by atoms with Crippen LogP contribution in [0.1, 0.15) is 71.4 Å². The van der Waals surface area contributed by atoms with Crippen LogP contribution < -0.4 is 20.7 Å². The Morgan fingerprint density at radius 1 is 0.938 bits per heavy atom. The van der Waals surface area contributed by atoms with E-state index >= 15 is 0 Å². The molecule has 0 aliphatic rings. The van der Waals surface area contributed by atoms with E-state index in [4.69, 9.17) is 14.2 Å². The van der Waals surface area contributed by atoms with Gasteiger partial charge in [-0.25, -0.2) is 4.79 Å². The Kier molecular flexibility index (Phi) is 14.0. The minimum atomic E-state index is -1.35. The molecule has 0 bridgehead atoms. The van der Waals surface area contributed by atoms with Gasteiger partial charge in [0.25, 0.3) is 0 Å². The van der Waals surface area contributed by atoms with Crippen molar-refractivity contribution in [2.45, 2.75) is 83.9 Å². The van der Waals surface area contributed by atoms with Crippen LogP contribution in [0.5, 0.6) is 5.75 Å².